The summed E-state index contributed by atoms with van der Waals surface area (Å²) in [7, 11) is 1.62. The number of amides is 2. The zero-order chi connectivity index (χ0) is 20.9. The molecule has 1 aliphatic carbocycles. The van der Waals surface area contributed by atoms with Crippen LogP contribution < -0.4 is 14.8 Å². The lowest BCUT2D eigenvalue weighted by Crippen LogP contribution is -2.39. The molecule has 2 aromatic rings. The predicted molar refractivity (Wildman–Crippen MR) is 114 cm³/mol. The molecule has 1 saturated heterocycles. The minimum absolute atomic E-state index is 0.0158. The van der Waals surface area contributed by atoms with Crippen LogP contribution >= 0.6 is 0 Å². The van der Waals surface area contributed by atoms with Crippen LogP contribution in [0, 0.1) is 5.92 Å². The first kappa shape index (κ1) is 20.3. The van der Waals surface area contributed by atoms with E-state index in [4.69, 9.17) is 9.47 Å². The Morgan fingerprint density at radius 3 is 2.10 bits per heavy atom. The molecule has 0 radical (unpaired) electrons. The van der Waals surface area contributed by atoms with Crippen molar-refractivity contribution in [1.29, 1.82) is 0 Å². The number of likely N-dealkylation sites (tertiary alicyclic amines) is 1. The summed E-state index contributed by atoms with van der Waals surface area (Å²) in [6, 6.07) is 14.9. The number of hydrogen-bond donors (Lipinski definition) is 1. The van der Waals surface area contributed by atoms with Gasteiger partial charge in [-0.1, -0.05) is 0 Å². The number of methoxy groups -OCH3 is 1. The van der Waals surface area contributed by atoms with Crippen LogP contribution in [0.1, 0.15) is 46.4 Å². The van der Waals surface area contributed by atoms with E-state index >= 15 is 0 Å². The highest BCUT2D eigenvalue weighted by Crippen LogP contribution is 2.23. The number of carbonyl (C=O) groups excluding carboxylic acids is 2. The number of rotatable bonds is 7. The molecule has 30 heavy (non-hydrogen) atoms. The third-order valence-electron chi connectivity index (χ3n) is 5.75. The molecule has 6 heteroatoms. The maximum absolute atomic E-state index is 12.7. The normalized spacial score (nSPS) is 16.8. The number of benzene rings is 2. The zero-order valence-electron chi connectivity index (χ0n) is 17.3. The first-order valence-corrected chi connectivity index (χ1v) is 10.6. The van der Waals surface area contributed by atoms with Crippen molar-refractivity contribution in [3.05, 3.63) is 59.7 Å². The van der Waals surface area contributed by atoms with E-state index in [1.165, 1.54) is 0 Å². The fourth-order valence-corrected chi connectivity index (χ4v) is 3.63. The SMILES string of the molecule is COc1ccc(C(=O)N2CCC(COc3ccc(C(=O)NC4CC4)cc3)CC2)cc1. The van der Waals surface area contributed by atoms with Crippen molar-refractivity contribution in [1.82, 2.24) is 10.2 Å². The van der Waals surface area contributed by atoms with E-state index in [1.807, 2.05) is 53.4 Å². The second kappa shape index (κ2) is 9.20. The van der Waals surface area contributed by atoms with E-state index < -0.39 is 0 Å². The summed E-state index contributed by atoms with van der Waals surface area (Å²) in [5, 5.41) is 2.99. The van der Waals surface area contributed by atoms with Gasteiger partial charge >= 0.3 is 0 Å². The Hall–Kier alpha value is -3.02. The number of carbonyl (C=O) groups is 2. The molecule has 1 saturated carbocycles. The zero-order valence-corrected chi connectivity index (χ0v) is 17.3. The number of piperidine rings is 1. The average Bonchev–Trinajstić information content (AvgIpc) is 3.62. The lowest BCUT2D eigenvalue weighted by Gasteiger charge is -2.32. The molecule has 158 valence electrons. The van der Waals surface area contributed by atoms with Crippen molar-refractivity contribution in [2.45, 2.75) is 31.7 Å². The first-order chi connectivity index (χ1) is 14.6. The third kappa shape index (κ3) is 5.12. The summed E-state index contributed by atoms with van der Waals surface area (Å²) >= 11 is 0. The number of nitrogens with one attached hydrogen (secondary N) is 1. The molecule has 2 aromatic carbocycles. The minimum atomic E-state index is -0.0158. The van der Waals surface area contributed by atoms with E-state index in [2.05, 4.69) is 5.32 Å². The monoisotopic (exact) mass is 408 g/mol. The summed E-state index contributed by atoms with van der Waals surface area (Å²) < 4.78 is 11.1. The standard InChI is InChI=1S/C24H28N2O4/c1-29-21-8-4-19(5-9-21)24(28)26-14-12-17(13-15-26)16-30-22-10-2-18(3-11-22)23(27)25-20-6-7-20/h2-5,8-11,17,20H,6-7,12-16H2,1H3,(H,25,27). The van der Waals surface area contributed by atoms with E-state index in [1.54, 1.807) is 7.11 Å². The van der Waals surface area contributed by atoms with Gasteiger partial charge in [-0.2, -0.15) is 0 Å². The lowest BCUT2D eigenvalue weighted by atomic mass is 9.97. The Bertz CT molecular complexity index is 867. The van der Waals surface area contributed by atoms with Crippen molar-refractivity contribution in [3.63, 3.8) is 0 Å². The maximum Gasteiger partial charge on any atom is 0.253 e. The highest BCUT2D eigenvalue weighted by atomic mass is 16.5. The van der Waals surface area contributed by atoms with Crippen LogP contribution in [-0.4, -0.2) is 49.6 Å². The number of hydrogen-bond acceptors (Lipinski definition) is 4. The Labute approximate surface area is 177 Å². The van der Waals surface area contributed by atoms with E-state index in [9.17, 15) is 9.59 Å². The molecule has 1 aliphatic heterocycles. The van der Waals surface area contributed by atoms with Crippen LogP contribution in [-0.2, 0) is 0 Å². The third-order valence-corrected chi connectivity index (χ3v) is 5.75. The van der Waals surface area contributed by atoms with Gasteiger partial charge in [-0.3, -0.25) is 9.59 Å². The largest absolute Gasteiger partial charge is 0.497 e. The maximum atomic E-state index is 12.7. The summed E-state index contributed by atoms with van der Waals surface area (Å²) in [6.07, 6.45) is 4.00. The van der Waals surface area contributed by atoms with Gasteiger partial charge in [0.25, 0.3) is 11.8 Å². The molecule has 0 atom stereocenters. The quantitative estimate of drug-likeness (QED) is 0.761. The van der Waals surface area contributed by atoms with E-state index in [-0.39, 0.29) is 11.8 Å². The second-order valence-corrected chi connectivity index (χ2v) is 8.05. The lowest BCUT2D eigenvalue weighted by molar-refractivity contribution is 0.0660. The average molecular weight is 408 g/mol. The molecule has 1 heterocycles. The molecule has 0 unspecified atom stereocenters. The van der Waals surface area contributed by atoms with E-state index in [0.717, 1.165) is 50.3 Å². The Morgan fingerprint density at radius 1 is 0.900 bits per heavy atom. The van der Waals surface area contributed by atoms with Crippen molar-refractivity contribution in [3.8, 4) is 11.5 Å². The van der Waals surface area contributed by atoms with Crippen molar-refractivity contribution in [2.24, 2.45) is 5.92 Å². The summed E-state index contributed by atoms with van der Waals surface area (Å²) in [5.74, 6) is 1.99. The minimum Gasteiger partial charge on any atom is -0.497 e. The molecule has 0 spiro atoms. The van der Waals surface area contributed by atoms with E-state index in [0.29, 0.717) is 29.7 Å². The second-order valence-electron chi connectivity index (χ2n) is 8.05. The van der Waals surface area contributed by atoms with Crippen molar-refractivity contribution >= 4 is 11.8 Å². The topological polar surface area (TPSA) is 67.9 Å². The summed E-state index contributed by atoms with van der Waals surface area (Å²) in [6.45, 7) is 2.09. The highest BCUT2D eigenvalue weighted by Gasteiger charge is 2.25. The number of nitrogens with zero attached hydrogens (tertiary/aromatic N) is 1. The Kier molecular flexibility index (Phi) is 6.21. The predicted octanol–water partition coefficient (Wildman–Crippen LogP) is 3.52. The number of ether oxygens (including phenoxy) is 2. The van der Waals surface area contributed by atoms with Crippen LogP contribution in [0.25, 0.3) is 0 Å². The fourth-order valence-electron chi connectivity index (χ4n) is 3.63. The van der Waals surface area contributed by atoms with Gasteiger partial charge in [0.1, 0.15) is 11.5 Å². The van der Waals surface area contributed by atoms with Crippen molar-refractivity contribution < 1.29 is 19.1 Å². The molecule has 2 aliphatic rings. The molecule has 1 N–H and O–H groups in total. The van der Waals surface area contributed by atoms with Gasteiger partial charge < -0.3 is 19.7 Å². The summed E-state index contributed by atoms with van der Waals surface area (Å²) in [4.78, 5) is 26.6. The van der Waals surface area contributed by atoms with Gasteiger partial charge in [0.05, 0.1) is 13.7 Å². The fraction of sp³-hybridized carbons (Fsp3) is 0.417. The van der Waals surface area contributed by atoms with Gasteiger partial charge in [-0.25, -0.2) is 0 Å². The highest BCUT2D eigenvalue weighted by molar-refractivity contribution is 5.95. The Balaban J connectivity index is 1.21. The molecular formula is C24H28N2O4. The van der Waals surface area contributed by atoms with Gasteiger partial charge in [0.2, 0.25) is 0 Å². The molecule has 6 nitrogen and oxygen atoms in total. The summed E-state index contributed by atoms with van der Waals surface area (Å²) in [5.41, 5.74) is 1.36. The van der Waals surface area contributed by atoms with Crippen LogP contribution in [0.3, 0.4) is 0 Å². The van der Waals surface area contributed by atoms with Crippen LogP contribution in [0.4, 0.5) is 0 Å². The van der Waals surface area contributed by atoms with Crippen molar-refractivity contribution in [2.75, 3.05) is 26.8 Å². The first-order valence-electron chi connectivity index (χ1n) is 10.6. The molecule has 0 bridgehead atoms. The van der Waals surface area contributed by atoms with Gasteiger partial charge in [0.15, 0.2) is 0 Å². The molecule has 0 aromatic heterocycles. The molecule has 2 fully saturated rings. The van der Waals surface area contributed by atoms with Gasteiger partial charge in [-0.05, 0) is 80.1 Å². The molecular weight excluding hydrogens is 380 g/mol. The molecule has 4 rings (SSSR count). The van der Waals surface area contributed by atoms with Gasteiger partial charge in [-0.15, -0.1) is 0 Å². The smallest absolute Gasteiger partial charge is 0.253 e. The van der Waals surface area contributed by atoms with Crippen LogP contribution in [0.2, 0.25) is 0 Å². The van der Waals surface area contributed by atoms with Crippen LogP contribution in [0.15, 0.2) is 48.5 Å². The molecule has 2 amide bonds. The van der Waals surface area contributed by atoms with Gasteiger partial charge in [0, 0.05) is 30.3 Å². The van der Waals surface area contributed by atoms with Crippen LogP contribution in [0.5, 0.6) is 11.5 Å². The Morgan fingerprint density at radius 2 is 1.50 bits per heavy atom.